The highest BCUT2D eigenvalue weighted by molar-refractivity contribution is 5.81. The van der Waals surface area contributed by atoms with E-state index in [-0.39, 0.29) is 0 Å². The molecule has 4 aliphatic carbocycles. The van der Waals surface area contributed by atoms with Gasteiger partial charge in [0.25, 0.3) is 0 Å². The van der Waals surface area contributed by atoms with Crippen LogP contribution in [0.3, 0.4) is 0 Å². The lowest BCUT2D eigenvalue weighted by molar-refractivity contribution is -0.124. The van der Waals surface area contributed by atoms with Gasteiger partial charge in [-0.15, -0.1) is 0 Å². The lowest BCUT2D eigenvalue weighted by Gasteiger charge is -2.59. The lowest BCUT2D eigenvalue weighted by atomic mass is 9.46. The minimum atomic E-state index is 0.466. The van der Waals surface area contributed by atoms with E-state index in [1.165, 1.54) is 44.9 Å². The smallest absolute Gasteiger partial charge is 0.146 e. The highest BCUT2D eigenvalue weighted by Gasteiger charge is 2.54. The monoisotopic (exact) mass is 247 g/mol. The van der Waals surface area contributed by atoms with Gasteiger partial charge in [0.15, 0.2) is 0 Å². The van der Waals surface area contributed by atoms with Crippen LogP contribution in [0.2, 0.25) is 0 Å². The van der Waals surface area contributed by atoms with Crippen molar-refractivity contribution in [2.75, 3.05) is 13.1 Å². The minimum Gasteiger partial charge on any atom is -0.310 e. The number of nitrogens with one attached hydrogen (secondary N) is 1. The summed E-state index contributed by atoms with van der Waals surface area (Å²) in [5.41, 5.74) is 0.580. The molecule has 0 spiro atoms. The van der Waals surface area contributed by atoms with Crippen LogP contribution in [-0.2, 0) is 4.79 Å². The molecule has 1 heterocycles. The van der Waals surface area contributed by atoms with Gasteiger partial charge in [-0.05, 0) is 80.6 Å². The van der Waals surface area contributed by atoms with Crippen LogP contribution in [0, 0.1) is 29.1 Å². The fourth-order valence-electron chi connectivity index (χ4n) is 6.15. The van der Waals surface area contributed by atoms with Crippen molar-refractivity contribution in [3.05, 3.63) is 0 Å². The van der Waals surface area contributed by atoms with Gasteiger partial charge in [-0.2, -0.15) is 0 Å². The summed E-state index contributed by atoms with van der Waals surface area (Å²) in [7, 11) is 0. The van der Waals surface area contributed by atoms with Crippen LogP contribution in [-0.4, -0.2) is 18.9 Å². The normalized spacial score (nSPS) is 51.4. The number of carbonyl (C=O) groups is 1. The Bertz CT molecular complexity index is 327. The van der Waals surface area contributed by atoms with E-state index < -0.39 is 0 Å². The van der Waals surface area contributed by atoms with Gasteiger partial charge in [-0.1, -0.05) is 0 Å². The molecule has 1 saturated heterocycles. The molecule has 5 rings (SSSR count). The second-order valence-corrected chi connectivity index (χ2v) is 7.69. The molecule has 4 saturated carbocycles. The lowest BCUT2D eigenvalue weighted by Crippen LogP contribution is -2.50. The topological polar surface area (TPSA) is 29.1 Å². The Balaban J connectivity index is 1.60. The van der Waals surface area contributed by atoms with E-state index in [1.54, 1.807) is 0 Å². The van der Waals surface area contributed by atoms with Crippen LogP contribution in [0.15, 0.2) is 0 Å². The summed E-state index contributed by atoms with van der Waals surface area (Å²) < 4.78 is 0. The summed E-state index contributed by atoms with van der Waals surface area (Å²) in [6, 6.07) is 0. The molecule has 1 aliphatic heterocycles. The fourth-order valence-corrected chi connectivity index (χ4v) is 6.15. The molecule has 1 unspecified atom stereocenters. The summed E-state index contributed by atoms with van der Waals surface area (Å²) in [6.45, 7) is 1.70. The molecular formula is C16H25NO. The standard InChI is InChI=1S/C16H25NO/c18-15-6-14(1-2-17-10-15)16-7-11-3-12(8-16)5-13(4-11)9-16/h11-14,17H,1-10H2. The average Bonchev–Trinajstić information content (AvgIpc) is 2.52. The molecular weight excluding hydrogens is 222 g/mol. The van der Waals surface area contributed by atoms with Gasteiger partial charge in [0, 0.05) is 6.42 Å². The number of carbonyl (C=O) groups excluding carboxylic acids is 1. The average molecular weight is 247 g/mol. The highest BCUT2D eigenvalue weighted by Crippen LogP contribution is 2.63. The van der Waals surface area contributed by atoms with Crippen LogP contribution in [0.4, 0.5) is 0 Å². The number of hydrogen-bond acceptors (Lipinski definition) is 2. The summed E-state index contributed by atoms with van der Waals surface area (Å²) in [5.74, 6) is 4.22. The van der Waals surface area contributed by atoms with Gasteiger partial charge in [-0.25, -0.2) is 0 Å². The van der Waals surface area contributed by atoms with E-state index >= 15 is 0 Å². The first-order valence-electron chi connectivity index (χ1n) is 7.96. The van der Waals surface area contributed by atoms with Crippen LogP contribution in [0.5, 0.6) is 0 Å². The van der Waals surface area contributed by atoms with Gasteiger partial charge in [0.05, 0.1) is 6.54 Å². The maximum absolute atomic E-state index is 11.9. The first-order chi connectivity index (χ1) is 8.73. The van der Waals surface area contributed by atoms with Crippen molar-refractivity contribution in [1.29, 1.82) is 0 Å². The molecule has 0 aromatic carbocycles. The van der Waals surface area contributed by atoms with Gasteiger partial charge < -0.3 is 5.32 Å². The van der Waals surface area contributed by atoms with Crippen LogP contribution >= 0.6 is 0 Å². The molecule has 1 atom stereocenters. The molecule has 0 aromatic heterocycles. The molecule has 0 amide bonds. The van der Waals surface area contributed by atoms with Crippen LogP contribution < -0.4 is 5.32 Å². The van der Waals surface area contributed by atoms with E-state index in [2.05, 4.69) is 5.32 Å². The number of rotatable bonds is 1. The first-order valence-corrected chi connectivity index (χ1v) is 7.96. The Morgan fingerprint density at radius 3 is 2.22 bits per heavy atom. The molecule has 2 nitrogen and oxygen atoms in total. The van der Waals surface area contributed by atoms with Gasteiger partial charge in [0.2, 0.25) is 0 Å². The molecule has 0 aromatic rings. The molecule has 2 heteroatoms. The molecule has 5 fully saturated rings. The van der Waals surface area contributed by atoms with Gasteiger partial charge in [0.1, 0.15) is 5.78 Å². The van der Waals surface area contributed by atoms with Crippen molar-refractivity contribution in [3.8, 4) is 0 Å². The van der Waals surface area contributed by atoms with Crippen molar-refractivity contribution in [2.45, 2.75) is 51.4 Å². The van der Waals surface area contributed by atoms with Crippen LogP contribution in [0.25, 0.3) is 0 Å². The van der Waals surface area contributed by atoms with Crippen molar-refractivity contribution >= 4 is 5.78 Å². The van der Waals surface area contributed by atoms with E-state index in [4.69, 9.17) is 0 Å². The summed E-state index contributed by atoms with van der Waals surface area (Å²) >= 11 is 0. The Hall–Kier alpha value is -0.370. The Kier molecular flexibility index (Phi) is 2.58. The number of ketones is 1. The maximum atomic E-state index is 11.9. The first kappa shape index (κ1) is 11.5. The second kappa shape index (κ2) is 4.06. The Labute approximate surface area is 110 Å². The molecule has 1 N–H and O–H groups in total. The van der Waals surface area contributed by atoms with Gasteiger partial charge in [-0.3, -0.25) is 4.79 Å². The van der Waals surface area contributed by atoms with Crippen molar-refractivity contribution < 1.29 is 4.79 Å². The minimum absolute atomic E-state index is 0.466. The van der Waals surface area contributed by atoms with Crippen molar-refractivity contribution in [2.24, 2.45) is 29.1 Å². The number of Topliss-reactive ketones (excluding diaryl/α,β-unsaturated/α-hetero) is 1. The predicted octanol–water partition coefficient (Wildman–Crippen LogP) is 2.77. The molecule has 0 radical (unpaired) electrons. The predicted molar refractivity (Wildman–Crippen MR) is 71.2 cm³/mol. The molecule has 5 aliphatic rings. The van der Waals surface area contributed by atoms with E-state index in [0.29, 0.717) is 23.7 Å². The third-order valence-corrected chi connectivity index (χ3v) is 6.42. The largest absolute Gasteiger partial charge is 0.310 e. The Morgan fingerprint density at radius 2 is 1.61 bits per heavy atom. The zero-order chi connectivity index (χ0) is 12.2. The zero-order valence-corrected chi connectivity index (χ0v) is 11.3. The zero-order valence-electron chi connectivity index (χ0n) is 11.3. The van der Waals surface area contributed by atoms with Crippen molar-refractivity contribution in [1.82, 2.24) is 5.32 Å². The van der Waals surface area contributed by atoms with E-state index in [9.17, 15) is 4.79 Å². The summed E-state index contributed by atoms with van der Waals surface area (Å²) in [6.07, 6.45) is 11.0. The van der Waals surface area contributed by atoms with E-state index in [0.717, 1.165) is 30.7 Å². The summed E-state index contributed by atoms with van der Waals surface area (Å²) in [5, 5.41) is 3.31. The molecule has 100 valence electrons. The van der Waals surface area contributed by atoms with Gasteiger partial charge >= 0.3 is 0 Å². The Morgan fingerprint density at radius 1 is 1.00 bits per heavy atom. The summed E-state index contributed by atoms with van der Waals surface area (Å²) in [4.78, 5) is 11.9. The van der Waals surface area contributed by atoms with Crippen molar-refractivity contribution in [3.63, 3.8) is 0 Å². The third kappa shape index (κ3) is 1.76. The maximum Gasteiger partial charge on any atom is 0.146 e. The second-order valence-electron chi connectivity index (χ2n) is 7.69. The van der Waals surface area contributed by atoms with Crippen LogP contribution in [0.1, 0.15) is 51.4 Å². The highest BCUT2D eigenvalue weighted by atomic mass is 16.1. The SMILES string of the molecule is O=C1CNCCC(C23CC4CC(CC(C4)C2)C3)C1. The molecule has 4 bridgehead atoms. The fraction of sp³-hybridized carbons (Fsp3) is 0.938. The quantitative estimate of drug-likeness (QED) is 0.772. The van der Waals surface area contributed by atoms with E-state index in [1.807, 2.05) is 0 Å². The number of hydrogen-bond donors (Lipinski definition) is 1. The molecule has 18 heavy (non-hydrogen) atoms. The third-order valence-electron chi connectivity index (χ3n) is 6.42.